The maximum absolute atomic E-state index is 12.4. The fourth-order valence-corrected chi connectivity index (χ4v) is 3.54. The second-order valence-corrected chi connectivity index (χ2v) is 6.95. The molecule has 2 rings (SSSR count). The van der Waals surface area contributed by atoms with Gasteiger partial charge in [-0.25, -0.2) is 0 Å². The summed E-state index contributed by atoms with van der Waals surface area (Å²) < 4.78 is 0.726. The molecular weight excluding hydrogens is 278 g/mol. The van der Waals surface area contributed by atoms with Crippen LogP contribution in [0, 0.1) is 13.8 Å². The Kier molecular flexibility index (Phi) is 4.21. The van der Waals surface area contributed by atoms with Crippen molar-refractivity contribution in [3.63, 3.8) is 0 Å². The number of anilines is 1. The summed E-state index contributed by atoms with van der Waals surface area (Å²) in [5.41, 5.74) is 8.40. The van der Waals surface area contributed by atoms with Crippen LogP contribution in [-0.4, -0.2) is 21.2 Å². The van der Waals surface area contributed by atoms with E-state index in [1.165, 1.54) is 23.1 Å². The van der Waals surface area contributed by atoms with Gasteiger partial charge in [0.05, 0.1) is 5.25 Å². The van der Waals surface area contributed by atoms with E-state index in [9.17, 15) is 4.79 Å². The molecule has 100 valence electrons. The SMILES string of the molecule is Cc1ccc(C)c(C(=O)C(C)Sc2nnc(N)s2)c1. The molecule has 0 fully saturated rings. The molecule has 0 amide bonds. The predicted octanol–water partition coefficient (Wildman–Crippen LogP) is 3.10. The number of Topliss-reactive ketones (excluding diaryl/α,β-unsaturated/α-hetero) is 1. The molecule has 0 bridgehead atoms. The zero-order chi connectivity index (χ0) is 14.0. The van der Waals surface area contributed by atoms with Gasteiger partial charge in [-0.2, -0.15) is 0 Å². The first-order valence-corrected chi connectivity index (χ1v) is 7.54. The zero-order valence-electron chi connectivity index (χ0n) is 11.0. The minimum Gasteiger partial charge on any atom is -0.374 e. The maximum Gasteiger partial charge on any atom is 0.203 e. The monoisotopic (exact) mass is 293 g/mol. The summed E-state index contributed by atoms with van der Waals surface area (Å²) in [6, 6.07) is 5.92. The van der Waals surface area contributed by atoms with Crippen molar-refractivity contribution in [3.8, 4) is 0 Å². The number of aromatic nitrogens is 2. The van der Waals surface area contributed by atoms with Gasteiger partial charge in [-0.3, -0.25) is 4.79 Å². The molecule has 0 aliphatic carbocycles. The van der Waals surface area contributed by atoms with Crippen molar-refractivity contribution in [1.82, 2.24) is 10.2 Å². The molecule has 19 heavy (non-hydrogen) atoms. The Morgan fingerprint density at radius 1 is 1.37 bits per heavy atom. The first kappa shape index (κ1) is 14.0. The van der Waals surface area contributed by atoms with Crippen LogP contribution in [-0.2, 0) is 0 Å². The molecule has 2 aromatic rings. The van der Waals surface area contributed by atoms with Crippen molar-refractivity contribution in [3.05, 3.63) is 34.9 Å². The number of ketones is 1. The van der Waals surface area contributed by atoms with Crippen LogP contribution in [0.3, 0.4) is 0 Å². The van der Waals surface area contributed by atoms with Crippen LogP contribution in [0.25, 0.3) is 0 Å². The molecule has 2 N–H and O–H groups in total. The zero-order valence-corrected chi connectivity index (χ0v) is 12.6. The topological polar surface area (TPSA) is 68.9 Å². The number of rotatable bonds is 4. The third-order valence-corrected chi connectivity index (χ3v) is 4.66. The molecule has 0 radical (unpaired) electrons. The largest absolute Gasteiger partial charge is 0.374 e. The first-order valence-electron chi connectivity index (χ1n) is 5.84. The van der Waals surface area contributed by atoms with E-state index in [1.807, 2.05) is 39.0 Å². The molecular formula is C13H15N3OS2. The Balaban J connectivity index is 2.16. The maximum atomic E-state index is 12.4. The van der Waals surface area contributed by atoms with Crippen molar-refractivity contribution in [2.45, 2.75) is 30.4 Å². The molecule has 4 nitrogen and oxygen atoms in total. The molecule has 0 aliphatic heterocycles. The van der Waals surface area contributed by atoms with Gasteiger partial charge in [-0.15, -0.1) is 10.2 Å². The van der Waals surface area contributed by atoms with E-state index in [0.29, 0.717) is 5.13 Å². The molecule has 1 atom stereocenters. The van der Waals surface area contributed by atoms with Crippen LogP contribution in [0.5, 0.6) is 0 Å². The normalized spacial score (nSPS) is 12.4. The highest BCUT2D eigenvalue weighted by Gasteiger charge is 2.20. The quantitative estimate of drug-likeness (QED) is 0.693. The van der Waals surface area contributed by atoms with Crippen LogP contribution in [0.15, 0.2) is 22.5 Å². The van der Waals surface area contributed by atoms with Crippen molar-refractivity contribution < 1.29 is 4.79 Å². The third kappa shape index (κ3) is 3.33. The van der Waals surface area contributed by atoms with E-state index in [0.717, 1.165) is 21.0 Å². The Hall–Kier alpha value is -1.40. The Labute approximate surface area is 120 Å². The van der Waals surface area contributed by atoms with Gasteiger partial charge < -0.3 is 5.73 Å². The number of thioether (sulfide) groups is 1. The van der Waals surface area contributed by atoms with E-state index < -0.39 is 0 Å². The van der Waals surface area contributed by atoms with Gasteiger partial charge in [-0.1, -0.05) is 40.8 Å². The van der Waals surface area contributed by atoms with E-state index in [2.05, 4.69) is 10.2 Å². The molecule has 0 saturated carbocycles. The average Bonchev–Trinajstić information content (AvgIpc) is 2.77. The minimum atomic E-state index is -0.201. The van der Waals surface area contributed by atoms with Crippen LogP contribution in [0.2, 0.25) is 0 Å². The van der Waals surface area contributed by atoms with Gasteiger partial charge in [0, 0.05) is 5.56 Å². The van der Waals surface area contributed by atoms with Gasteiger partial charge in [0.25, 0.3) is 0 Å². The number of nitrogens with zero attached hydrogens (tertiary/aromatic N) is 2. The lowest BCUT2D eigenvalue weighted by molar-refractivity contribution is 0.0993. The van der Waals surface area contributed by atoms with Crippen LogP contribution >= 0.6 is 23.1 Å². The highest BCUT2D eigenvalue weighted by atomic mass is 32.2. The smallest absolute Gasteiger partial charge is 0.203 e. The molecule has 1 aromatic heterocycles. The molecule has 0 saturated heterocycles. The van der Waals surface area contributed by atoms with E-state index in [1.54, 1.807) is 0 Å². The van der Waals surface area contributed by atoms with Gasteiger partial charge >= 0.3 is 0 Å². The highest BCUT2D eigenvalue weighted by molar-refractivity contribution is 8.02. The number of carbonyl (C=O) groups is 1. The number of hydrogen-bond donors (Lipinski definition) is 1. The number of nitrogen functional groups attached to an aromatic ring is 1. The lowest BCUT2D eigenvalue weighted by atomic mass is 10.0. The van der Waals surface area contributed by atoms with Gasteiger partial charge in [0.2, 0.25) is 5.13 Å². The third-order valence-electron chi connectivity index (χ3n) is 2.73. The Morgan fingerprint density at radius 2 is 2.11 bits per heavy atom. The van der Waals surface area contributed by atoms with Crippen LogP contribution in [0.1, 0.15) is 28.4 Å². The Morgan fingerprint density at radius 3 is 2.74 bits per heavy atom. The Bertz CT molecular complexity index is 610. The van der Waals surface area contributed by atoms with Crippen molar-refractivity contribution in [1.29, 1.82) is 0 Å². The van der Waals surface area contributed by atoms with Crippen LogP contribution in [0.4, 0.5) is 5.13 Å². The summed E-state index contributed by atoms with van der Waals surface area (Å²) in [6.07, 6.45) is 0. The molecule has 6 heteroatoms. The molecule has 1 heterocycles. The fraction of sp³-hybridized carbons (Fsp3) is 0.308. The number of carbonyl (C=O) groups excluding carboxylic acids is 1. The van der Waals surface area contributed by atoms with Gasteiger partial charge in [0.1, 0.15) is 0 Å². The number of hydrogen-bond acceptors (Lipinski definition) is 6. The average molecular weight is 293 g/mol. The van der Waals surface area contributed by atoms with Crippen LogP contribution < -0.4 is 5.73 Å². The summed E-state index contributed by atoms with van der Waals surface area (Å²) in [5, 5.41) is 7.90. The highest BCUT2D eigenvalue weighted by Crippen LogP contribution is 2.29. The van der Waals surface area contributed by atoms with Crippen molar-refractivity contribution in [2.24, 2.45) is 0 Å². The summed E-state index contributed by atoms with van der Waals surface area (Å²) in [7, 11) is 0. The summed E-state index contributed by atoms with van der Waals surface area (Å²) in [5.74, 6) is 0.111. The number of nitrogens with two attached hydrogens (primary N) is 1. The molecule has 1 unspecified atom stereocenters. The standard InChI is InChI=1S/C13H15N3OS2/c1-7-4-5-8(2)10(6-7)11(17)9(3)18-13-16-15-12(14)19-13/h4-6,9H,1-3H3,(H2,14,15). The van der Waals surface area contributed by atoms with Gasteiger partial charge in [0.15, 0.2) is 10.1 Å². The van der Waals surface area contributed by atoms with E-state index in [-0.39, 0.29) is 11.0 Å². The first-order chi connectivity index (χ1) is 8.97. The van der Waals surface area contributed by atoms with E-state index in [4.69, 9.17) is 5.73 Å². The summed E-state index contributed by atoms with van der Waals surface area (Å²) >= 11 is 2.70. The van der Waals surface area contributed by atoms with Crippen molar-refractivity contribution in [2.75, 3.05) is 5.73 Å². The summed E-state index contributed by atoms with van der Waals surface area (Å²) in [6.45, 7) is 5.82. The molecule has 0 spiro atoms. The molecule has 0 aliphatic rings. The van der Waals surface area contributed by atoms with E-state index >= 15 is 0 Å². The second kappa shape index (κ2) is 5.71. The fourth-order valence-electron chi connectivity index (χ4n) is 1.69. The predicted molar refractivity (Wildman–Crippen MR) is 79.9 cm³/mol. The molecule has 1 aromatic carbocycles. The lowest BCUT2D eigenvalue weighted by Gasteiger charge is -2.11. The number of benzene rings is 1. The van der Waals surface area contributed by atoms with Crippen molar-refractivity contribution >= 4 is 34.0 Å². The summed E-state index contributed by atoms with van der Waals surface area (Å²) in [4.78, 5) is 12.4. The number of aryl methyl sites for hydroxylation is 2. The van der Waals surface area contributed by atoms with Gasteiger partial charge in [-0.05, 0) is 32.4 Å². The minimum absolute atomic E-state index is 0.111. The lowest BCUT2D eigenvalue weighted by Crippen LogP contribution is -2.15. The second-order valence-electron chi connectivity index (χ2n) is 4.35.